The van der Waals surface area contributed by atoms with Crippen molar-refractivity contribution in [2.45, 2.75) is 27.2 Å². The monoisotopic (exact) mass is 332 g/mol. The molecule has 0 heterocycles. The van der Waals surface area contributed by atoms with Crippen LogP contribution in [0.5, 0.6) is 11.5 Å². The summed E-state index contributed by atoms with van der Waals surface area (Å²) in [6, 6.07) is 9.72. The van der Waals surface area contributed by atoms with Gasteiger partial charge in [-0.3, -0.25) is 0 Å². The van der Waals surface area contributed by atoms with Gasteiger partial charge in [0, 0.05) is 0 Å². The van der Waals surface area contributed by atoms with Gasteiger partial charge in [0.2, 0.25) is 0 Å². The second-order valence-corrected chi connectivity index (χ2v) is 10.1. The molecule has 0 fully saturated rings. The van der Waals surface area contributed by atoms with E-state index in [-0.39, 0.29) is 6.35 Å². The highest BCUT2D eigenvalue weighted by Gasteiger charge is 2.11. The Morgan fingerprint density at radius 3 is 2.13 bits per heavy atom. The maximum absolute atomic E-state index is 11.8. The number of ether oxygens (including phenoxy) is 1. The molecule has 0 aliphatic carbocycles. The van der Waals surface area contributed by atoms with Crippen LogP contribution in [-0.2, 0) is 11.0 Å². The number of aromatic hydroxyl groups is 1. The summed E-state index contributed by atoms with van der Waals surface area (Å²) in [7, 11) is -2.18. The van der Waals surface area contributed by atoms with E-state index < -0.39 is 7.14 Å². The van der Waals surface area contributed by atoms with E-state index in [2.05, 4.69) is 13.8 Å². The molecule has 3 nitrogen and oxygen atoms in total. The Morgan fingerprint density at radius 2 is 1.61 bits per heavy atom. The molecule has 0 saturated carbocycles. The van der Waals surface area contributed by atoms with Gasteiger partial charge in [-0.2, -0.15) is 0 Å². The first-order valence-electron chi connectivity index (χ1n) is 7.71. The first-order chi connectivity index (χ1) is 10.7. The first kappa shape index (κ1) is 17.6. The lowest BCUT2D eigenvalue weighted by atomic mass is 9.95. The molecule has 23 heavy (non-hydrogen) atoms. The van der Waals surface area contributed by atoms with Crippen LogP contribution in [-0.4, -0.2) is 24.8 Å². The van der Waals surface area contributed by atoms with Crippen molar-refractivity contribution in [3.8, 4) is 11.5 Å². The minimum absolute atomic E-state index is 0.266. The van der Waals surface area contributed by atoms with Gasteiger partial charge in [0.1, 0.15) is 25.0 Å². The Balaban J connectivity index is 2.23. The van der Waals surface area contributed by atoms with Gasteiger partial charge in [0.15, 0.2) is 0 Å². The minimum atomic E-state index is -2.18. The average molecular weight is 332 g/mol. The Bertz CT molecular complexity index is 736. The van der Waals surface area contributed by atoms with E-state index >= 15 is 0 Å². The predicted molar refractivity (Wildman–Crippen MR) is 96.5 cm³/mol. The van der Waals surface area contributed by atoms with Crippen LogP contribution in [0, 0.1) is 20.8 Å². The molecule has 124 valence electrons. The fraction of sp³-hybridized carbons (Fsp3) is 0.368. The Labute approximate surface area is 138 Å². The molecule has 0 atom stereocenters. The maximum Gasteiger partial charge on any atom is 0.140 e. The predicted octanol–water partition coefficient (Wildman–Crippen LogP) is 4.87. The zero-order valence-corrected chi connectivity index (χ0v) is 15.4. The first-order valence-corrected chi connectivity index (χ1v) is 10.5. The standard InChI is InChI=1S/C19H25O3P/c1-13-9-17(22-12-23(4,5)21)10-14(2)18(13)11-16-6-7-19(20)15(3)8-16/h6-10,20H,11-12H2,1-5H3. The van der Waals surface area contributed by atoms with Crippen LogP contribution in [0.3, 0.4) is 0 Å². The van der Waals surface area contributed by atoms with Crippen molar-refractivity contribution in [2.75, 3.05) is 19.7 Å². The van der Waals surface area contributed by atoms with E-state index in [1.807, 2.05) is 31.2 Å². The van der Waals surface area contributed by atoms with Crippen LogP contribution >= 0.6 is 7.14 Å². The SMILES string of the molecule is Cc1cc(Cc2c(C)cc(OCP(C)(C)=O)cc2C)ccc1O. The van der Waals surface area contributed by atoms with E-state index in [9.17, 15) is 9.67 Å². The summed E-state index contributed by atoms with van der Waals surface area (Å²) in [6.45, 7) is 9.51. The van der Waals surface area contributed by atoms with Gasteiger partial charge >= 0.3 is 0 Å². The van der Waals surface area contributed by atoms with Gasteiger partial charge < -0.3 is 14.4 Å². The lowest BCUT2D eigenvalue weighted by molar-refractivity contribution is 0.377. The second kappa shape index (κ2) is 6.80. The molecule has 2 aromatic rings. The Morgan fingerprint density at radius 1 is 1.00 bits per heavy atom. The van der Waals surface area contributed by atoms with Crippen LogP contribution in [0.1, 0.15) is 27.8 Å². The molecule has 0 radical (unpaired) electrons. The third-order valence-electron chi connectivity index (χ3n) is 3.85. The molecular formula is C19H25O3P. The number of phenols is 1. The highest BCUT2D eigenvalue weighted by molar-refractivity contribution is 7.62. The van der Waals surface area contributed by atoms with Gasteiger partial charge in [-0.15, -0.1) is 0 Å². The maximum atomic E-state index is 11.8. The topological polar surface area (TPSA) is 46.5 Å². The number of phenolic OH excluding ortho intramolecular Hbond substituents is 1. The highest BCUT2D eigenvalue weighted by Crippen LogP contribution is 2.36. The summed E-state index contributed by atoms with van der Waals surface area (Å²) >= 11 is 0. The number of hydrogen-bond acceptors (Lipinski definition) is 3. The summed E-state index contributed by atoms with van der Waals surface area (Å²) in [6.07, 6.45) is 1.08. The van der Waals surface area contributed by atoms with E-state index in [0.29, 0.717) is 5.75 Å². The molecule has 0 aliphatic heterocycles. The molecule has 0 spiro atoms. The van der Waals surface area contributed by atoms with E-state index in [4.69, 9.17) is 4.74 Å². The number of hydrogen-bond donors (Lipinski definition) is 1. The van der Waals surface area contributed by atoms with Crippen LogP contribution in [0.4, 0.5) is 0 Å². The molecule has 4 heteroatoms. The van der Waals surface area contributed by atoms with Crippen molar-refractivity contribution in [1.82, 2.24) is 0 Å². The summed E-state index contributed by atoms with van der Waals surface area (Å²) in [4.78, 5) is 0. The fourth-order valence-corrected chi connectivity index (χ4v) is 3.04. The molecule has 1 N–H and O–H groups in total. The molecule has 0 unspecified atom stereocenters. The summed E-state index contributed by atoms with van der Waals surface area (Å²) in [5.74, 6) is 1.10. The Hall–Kier alpha value is -1.73. The zero-order chi connectivity index (χ0) is 17.2. The largest absolute Gasteiger partial charge is 0.508 e. The quantitative estimate of drug-likeness (QED) is 0.795. The van der Waals surface area contributed by atoms with E-state index in [1.165, 1.54) is 11.1 Å². The fourth-order valence-electron chi connectivity index (χ4n) is 2.58. The van der Waals surface area contributed by atoms with Gasteiger partial charge in [0.05, 0.1) is 0 Å². The summed E-state index contributed by atoms with van der Waals surface area (Å²) < 4.78 is 17.5. The number of benzene rings is 2. The zero-order valence-electron chi connectivity index (χ0n) is 14.5. The van der Waals surface area contributed by atoms with Gasteiger partial charge in [-0.25, -0.2) is 0 Å². The van der Waals surface area contributed by atoms with Crippen LogP contribution in [0.15, 0.2) is 30.3 Å². The average Bonchev–Trinajstić information content (AvgIpc) is 2.43. The molecule has 0 amide bonds. The van der Waals surface area contributed by atoms with E-state index in [1.54, 1.807) is 19.4 Å². The van der Waals surface area contributed by atoms with Crippen molar-refractivity contribution in [1.29, 1.82) is 0 Å². The molecule has 2 aromatic carbocycles. The summed E-state index contributed by atoms with van der Waals surface area (Å²) in [5, 5.41) is 9.64. The van der Waals surface area contributed by atoms with Crippen molar-refractivity contribution < 1.29 is 14.4 Å². The smallest absolute Gasteiger partial charge is 0.140 e. The van der Waals surface area contributed by atoms with Gasteiger partial charge in [-0.05, 0) is 86.5 Å². The molecule has 0 bridgehead atoms. The lowest BCUT2D eigenvalue weighted by Gasteiger charge is -2.15. The second-order valence-electron chi connectivity index (χ2n) is 6.68. The van der Waals surface area contributed by atoms with Crippen LogP contribution < -0.4 is 4.74 Å². The van der Waals surface area contributed by atoms with Gasteiger partial charge in [0.25, 0.3) is 0 Å². The normalized spacial score (nSPS) is 11.5. The van der Waals surface area contributed by atoms with E-state index in [0.717, 1.165) is 28.9 Å². The highest BCUT2D eigenvalue weighted by atomic mass is 31.2. The van der Waals surface area contributed by atoms with Crippen molar-refractivity contribution in [2.24, 2.45) is 0 Å². The van der Waals surface area contributed by atoms with Crippen molar-refractivity contribution in [3.05, 3.63) is 58.1 Å². The number of aryl methyl sites for hydroxylation is 3. The van der Waals surface area contributed by atoms with Crippen LogP contribution in [0.2, 0.25) is 0 Å². The third-order valence-corrected chi connectivity index (χ3v) is 4.60. The lowest BCUT2D eigenvalue weighted by Crippen LogP contribution is -2.01. The Kier molecular flexibility index (Phi) is 5.21. The van der Waals surface area contributed by atoms with Gasteiger partial charge in [-0.1, -0.05) is 12.1 Å². The third kappa shape index (κ3) is 4.87. The summed E-state index contributed by atoms with van der Waals surface area (Å²) in [5.41, 5.74) is 5.64. The number of rotatable bonds is 5. The molecule has 0 aliphatic rings. The van der Waals surface area contributed by atoms with Crippen molar-refractivity contribution >= 4 is 7.14 Å². The molecule has 0 aromatic heterocycles. The van der Waals surface area contributed by atoms with Crippen molar-refractivity contribution in [3.63, 3.8) is 0 Å². The minimum Gasteiger partial charge on any atom is -0.508 e. The molecule has 0 saturated heterocycles. The van der Waals surface area contributed by atoms with Crippen LogP contribution in [0.25, 0.3) is 0 Å². The molecule has 2 rings (SSSR count). The molecular weight excluding hydrogens is 307 g/mol.